The number of aliphatic hydroxyl groups is 1. The quantitative estimate of drug-likeness (QED) is 0.541. The van der Waals surface area contributed by atoms with Crippen molar-refractivity contribution in [1.29, 1.82) is 0 Å². The third kappa shape index (κ3) is 6.76. The van der Waals surface area contributed by atoms with Gasteiger partial charge in [0.05, 0.1) is 17.7 Å². The Morgan fingerprint density at radius 2 is 1.65 bits per heavy atom. The normalized spacial score (nSPS) is 10.8. The van der Waals surface area contributed by atoms with Crippen molar-refractivity contribution in [2.75, 3.05) is 6.61 Å². The molecule has 0 aromatic heterocycles. The third-order valence-corrected chi connectivity index (χ3v) is 4.09. The van der Waals surface area contributed by atoms with Gasteiger partial charge in [-0.1, -0.05) is 64.0 Å². The summed E-state index contributed by atoms with van der Waals surface area (Å²) in [5.74, 6) is 0.790. The number of benzene rings is 1. The molecule has 0 fully saturated rings. The molecule has 0 amide bonds. The largest absolute Gasteiger partial charge is 0.492 e. The molecule has 0 unspecified atom stereocenters. The number of para-hydroxylation sites is 1. The van der Waals surface area contributed by atoms with Crippen molar-refractivity contribution < 1.29 is 9.84 Å². The van der Waals surface area contributed by atoms with Crippen LogP contribution in [-0.2, 0) is 6.61 Å². The predicted octanol–water partition coefficient (Wildman–Crippen LogP) is 5.46. The van der Waals surface area contributed by atoms with Crippen molar-refractivity contribution >= 4 is 15.9 Å². The maximum atomic E-state index is 9.29. The summed E-state index contributed by atoms with van der Waals surface area (Å²) in [4.78, 5) is 0. The lowest BCUT2D eigenvalue weighted by Crippen LogP contribution is -2.01. The molecule has 0 radical (unpaired) electrons. The Labute approximate surface area is 131 Å². The monoisotopic (exact) mass is 342 g/mol. The summed E-state index contributed by atoms with van der Waals surface area (Å²) < 4.78 is 6.72. The van der Waals surface area contributed by atoms with Crippen LogP contribution < -0.4 is 4.74 Å². The van der Waals surface area contributed by atoms with Crippen LogP contribution in [0.4, 0.5) is 0 Å². The summed E-state index contributed by atoms with van der Waals surface area (Å²) in [6.45, 7) is 3.00. The van der Waals surface area contributed by atoms with Gasteiger partial charge in [0.15, 0.2) is 0 Å². The van der Waals surface area contributed by atoms with Gasteiger partial charge in [0, 0.05) is 5.56 Å². The molecule has 1 N–H and O–H groups in total. The molecular weight excluding hydrogens is 316 g/mol. The molecule has 20 heavy (non-hydrogen) atoms. The van der Waals surface area contributed by atoms with Crippen LogP contribution in [0.5, 0.6) is 5.75 Å². The highest BCUT2D eigenvalue weighted by Gasteiger charge is 2.06. The van der Waals surface area contributed by atoms with E-state index in [1.54, 1.807) is 0 Å². The number of ether oxygens (including phenoxy) is 1. The topological polar surface area (TPSA) is 29.5 Å². The summed E-state index contributed by atoms with van der Waals surface area (Å²) in [5.41, 5.74) is 0.846. The number of unbranched alkanes of at least 4 members (excludes halogenated alkanes) is 7. The predicted molar refractivity (Wildman–Crippen MR) is 88.2 cm³/mol. The lowest BCUT2D eigenvalue weighted by Gasteiger charge is -2.11. The van der Waals surface area contributed by atoms with Gasteiger partial charge in [-0.2, -0.15) is 0 Å². The molecule has 0 heterocycles. The second-order valence-corrected chi connectivity index (χ2v) is 6.06. The molecule has 0 bridgehead atoms. The number of halogens is 1. The van der Waals surface area contributed by atoms with E-state index in [-0.39, 0.29) is 6.61 Å². The minimum Gasteiger partial charge on any atom is -0.492 e. The summed E-state index contributed by atoms with van der Waals surface area (Å²) in [7, 11) is 0. The van der Waals surface area contributed by atoms with E-state index < -0.39 is 0 Å². The van der Waals surface area contributed by atoms with E-state index in [0.29, 0.717) is 0 Å². The molecule has 0 aliphatic heterocycles. The molecular formula is C17H27BrO2. The first kappa shape index (κ1) is 17.5. The van der Waals surface area contributed by atoms with E-state index in [4.69, 9.17) is 4.74 Å². The van der Waals surface area contributed by atoms with Crippen LogP contribution in [0.3, 0.4) is 0 Å². The van der Waals surface area contributed by atoms with E-state index in [1.165, 1.54) is 44.9 Å². The Kier molecular flexibility index (Phi) is 9.77. The van der Waals surface area contributed by atoms with Gasteiger partial charge in [-0.3, -0.25) is 0 Å². The zero-order valence-corrected chi connectivity index (χ0v) is 14.1. The van der Waals surface area contributed by atoms with Crippen LogP contribution in [0, 0.1) is 0 Å². The highest BCUT2D eigenvalue weighted by Crippen LogP contribution is 2.29. The average Bonchev–Trinajstić information content (AvgIpc) is 2.46. The molecule has 0 saturated heterocycles. The first-order valence-electron chi connectivity index (χ1n) is 7.80. The zero-order chi connectivity index (χ0) is 14.6. The standard InChI is InChI=1S/C17H27BrO2/c1-2-3-4-5-6-7-8-9-13-20-17-15(14-19)11-10-12-16(17)18/h10-12,19H,2-9,13-14H2,1H3. The molecule has 0 atom stereocenters. The SMILES string of the molecule is CCCCCCCCCCOc1c(Br)cccc1CO. The van der Waals surface area contributed by atoms with Gasteiger partial charge in [-0.15, -0.1) is 0 Å². The fraction of sp³-hybridized carbons (Fsp3) is 0.647. The van der Waals surface area contributed by atoms with Gasteiger partial charge in [-0.25, -0.2) is 0 Å². The Morgan fingerprint density at radius 3 is 2.30 bits per heavy atom. The van der Waals surface area contributed by atoms with E-state index in [0.717, 1.165) is 28.8 Å². The minimum absolute atomic E-state index is 0.0200. The smallest absolute Gasteiger partial charge is 0.138 e. The van der Waals surface area contributed by atoms with Gasteiger partial charge in [0.2, 0.25) is 0 Å². The van der Waals surface area contributed by atoms with Crippen LogP contribution in [0.1, 0.15) is 63.9 Å². The van der Waals surface area contributed by atoms with Gasteiger partial charge >= 0.3 is 0 Å². The lowest BCUT2D eigenvalue weighted by molar-refractivity contribution is 0.259. The Balaban J connectivity index is 2.12. The zero-order valence-electron chi connectivity index (χ0n) is 12.5. The Bertz CT molecular complexity index is 366. The van der Waals surface area contributed by atoms with Crippen LogP contribution in [0.2, 0.25) is 0 Å². The number of aliphatic hydroxyl groups excluding tert-OH is 1. The number of hydrogen-bond acceptors (Lipinski definition) is 2. The second kappa shape index (κ2) is 11.2. The van der Waals surface area contributed by atoms with E-state index >= 15 is 0 Å². The summed E-state index contributed by atoms with van der Waals surface area (Å²) in [6.07, 6.45) is 10.4. The van der Waals surface area contributed by atoms with Gasteiger partial charge in [0.25, 0.3) is 0 Å². The number of hydrogen-bond donors (Lipinski definition) is 1. The maximum Gasteiger partial charge on any atom is 0.138 e. The molecule has 2 nitrogen and oxygen atoms in total. The summed E-state index contributed by atoms with van der Waals surface area (Å²) in [5, 5.41) is 9.29. The van der Waals surface area contributed by atoms with Gasteiger partial charge in [-0.05, 0) is 28.4 Å². The van der Waals surface area contributed by atoms with Crippen LogP contribution >= 0.6 is 15.9 Å². The molecule has 0 saturated carbocycles. The van der Waals surface area contributed by atoms with Crippen molar-refractivity contribution in [1.82, 2.24) is 0 Å². The van der Waals surface area contributed by atoms with Crippen LogP contribution in [0.15, 0.2) is 22.7 Å². The maximum absolute atomic E-state index is 9.29. The van der Waals surface area contributed by atoms with E-state index in [2.05, 4.69) is 22.9 Å². The third-order valence-electron chi connectivity index (χ3n) is 3.46. The first-order valence-corrected chi connectivity index (χ1v) is 8.60. The molecule has 0 spiro atoms. The summed E-state index contributed by atoms with van der Waals surface area (Å²) in [6, 6.07) is 5.76. The molecule has 1 aromatic carbocycles. The molecule has 0 aliphatic rings. The van der Waals surface area contributed by atoms with Crippen molar-refractivity contribution in [3.63, 3.8) is 0 Å². The summed E-state index contributed by atoms with van der Waals surface area (Å²) >= 11 is 3.47. The van der Waals surface area contributed by atoms with Crippen molar-refractivity contribution in [3.8, 4) is 5.75 Å². The molecule has 1 aromatic rings. The van der Waals surface area contributed by atoms with E-state index in [1.807, 2.05) is 18.2 Å². The van der Waals surface area contributed by atoms with Gasteiger partial charge in [0.1, 0.15) is 5.75 Å². The van der Waals surface area contributed by atoms with Crippen molar-refractivity contribution in [3.05, 3.63) is 28.2 Å². The Morgan fingerprint density at radius 1 is 1.00 bits per heavy atom. The molecule has 1 rings (SSSR count). The Hall–Kier alpha value is -0.540. The minimum atomic E-state index is 0.0200. The van der Waals surface area contributed by atoms with Gasteiger partial charge < -0.3 is 9.84 Å². The highest BCUT2D eigenvalue weighted by atomic mass is 79.9. The molecule has 0 aliphatic carbocycles. The number of rotatable bonds is 11. The van der Waals surface area contributed by atoms with Crippen LogP contribution in [0.25, 0.3) is 0 Å². The van der Waals surface area contributed by atoms with Crippen molar-refractivity contribution in [2.45, 2.75) is 64.9 Å². The fourth-order valence-corrected chi connectivity index (χ4v) is 2.77. The molecule has 3 heteroatoms. The fourth-order valence-electron chi connectivity index (χ4n) is 2.25. The van der Waals surface area contributed by atoms with Crippen molar-refractivity contribution in [2.24, 2.45) is 0 Å². The first-order chi connectivity index (χ1) is 9.79. The lowest BCUT2D eigenvalue weighted by atomic mass is 10.1. The average molecular weight is 343 g/mol. The highest BCUT2D eigenvalue weighted by molar-refractivity contribution is 9.10. The molecule has 114 valence electrons. The van der Waals surface area contributed by atoms with E-state index in [9.17, 15) is 5.11 Å². The second-order valence-electron chi connectivity index (χ2n) is 5.21. The van der Waals surface area contributed by atoms with Crippen LogP contribution in [-0.4, -0.2) is 11.7 Å².